The lowest BCUT2D eigenvalue weighted by molar-refractivity contribution is -0.122. The summed E-state index contributed by atoms with van der Waals surface area (Å²) in [5.41, 5.74) is 0. The fourth-order valence-corrected chi connectivity index (χ4v) is 1.10. The lowest BCUT2D eigenvalue weighted by Crippen LogP contribution is -2.30. The molecule has 0 bridgehead atoms. The third kappa shape index (κ3) is 1.18. The maximum absolute atomic E-state index is 10.7. The maximum Gasteiger partial charge on any atom is 0.414 e. The third-order valence-electron chi connectivity index (χ3n) is 1.09. The van der Waals surface area contributed by atoms with Crippen molar-refractivity contribution in [2.24, 2.45) is 0 Å². The van der Waals surface area contributed by atoms with Crippen LogP contribution in [0, 0.1) is 0 Å². The summed E-state index contributed by atoms with van der Waals surface area (Å²) in [5, 5.41) is 8.35. The molecule has 1 aliphatic heterocycles. The smallest absolute Gasteiger partial charge is 0.414 e. The van der Waals surface area contributed by atoms with Crippen LogP contribution in [0.2, 0.25) is 0 Å². The number of carboxylic acid groups (broad SMARTS) is 1. The molecule has 1 aliphatic rings. The highest BCUT2D eigenvalue weighted by molar-refractivity contribution is 9.11. The van der Waals surface area contributed by atoms with E-state index in [9.17, 15) is 9.59 Å². The molecule has 10 heavy (non-hydrogen) atoms. The average Bonchev–Trinajstić information content (AvgIpc) is 2.10. The molecule has 2 amide bonds. The van der Waals surface area contributed by atoms with Crippen molar-refractivity contribution in [3.8, 4) is 0 Å². The van der Waals surface area contributed by atoms with E-state index in [1.165, 1.54) is 6.08 Å². The first kappa shape index (κ1) is 7.27. The van der Waals surface area contributed by atoms with Crippen molar-refractivity contribution < 1.29 is 14.7 Å². The van der Waals surface area contributed by atoms with Crippen LogP contribution in [0.25, 0.3) is 0 Å². The Kier molecular flexibility index (Phi) is 1.76. The lowest BCUT2D eigenvalue weighted by Gasteiger charge is -2.06. The largest absolute Gasteiger partial charge is 0.465 e. The molecule has 0 spiro atoms. The van der Waals surface area contributed by atoms with Gasteiger partial charge < -0.3 is 5.11 Å². The zero-order valence-electron chi connectivity index (χ0n) is 4.87. The summed E-state index contributed by atoms with van der Waals surface area (Å²) >= 11 is 3.02. The van der Waals surface area contributed by atoms with Gasteiger partial charge in [-0.3, -0.25) is 4.79 Å². The van der Waals surface area contributed by atoms with Gasteiger partial charge in [-0.2, -0.15) is 0 Å². The van der Waals surface area contributed by atoms with Crippen LogP contribution in [0.3, 0.4) is 0 Å². The molecule has 0 aromatic rings. The molecule has 1 heterocycles. The number of halogens is 1. The number of carbonyl (C=O) groups excluding carboxylic acids is 1. The average molecular weight is 206 g/mol. The molecular formula is C5H4BrNO3. The van der Waals surface area contributed by atoms with E-state index in [-0.39, 0.29) is 6.54 Å². The number of hydrogen-bond donors (Lipinski definition) is 1. The van der Waals surface area contributed by atoms with Gasteiger partial charge in [0.15, 0.2) is 0 Å². The zero-order valence-corrected chi connectivity index (χ0v) is 6.46. The first-order valence-electron chi connectivity index (χ1n) is 2.52. The summed E-state index contributed by atoms with van der Waals surface area (Å²) in [6.07, 6.45) is 0.0319. The van der Waals surface area contributed by atoms with Gasteiger partial charge in [0.2, 0.25) is 0 Å². The van der Waals surface area contributed by atoms with E-state index >= 15 is 0 Å². The molecule has 0 aromatic heterocycles. The van der Waals surface area contributed by atoms with Crippen molar-refractivity contribution in [2.45, 2.75) is 0 Å². The van der Waals surface area contributed by atoms with E-state index in [4.69, 9.17) is 5.11 Å². The minimum atomic E-state index is -1.21. The summed E-state index contributed by atoms with van der Waals surface area (Å²) < 4.78 is 0.597. The highest BCUT2D eigenvalue weighted by atomic mass is 79.9. The van der Waals surface area contributed by atoms with E-state index < -0.39 is 12.0 Å². The molecule has 1 N–H and O–H groups in total. The SMILES string of the molecule is O=C(O)N1CC(Br)=CC1=O. The van der Waals surface area contributed by atoms with Gasteiger partial charge in [-0.05, 0) is 0 Å². The fraction of sp³-hybridized carbons (Fsp3) is 0.200. The molecular weight excluding hydrogens is 202 g/mol. The molecule has 0 atom stereocenters. The van der Waals surface area contributed by atoms with Crippen LogP contribution < -0.4 is 0 Å². The van der Waals surface area contributed by atoms with Crippen LogP contribution in [-0.4, -0.2) is 28.6 Å². The monoisotopic (exact) mass is 205 g/mol. The standard InChI is InChI=1S/C5H4BrNO3/c6-3-1-4(8)7(2-3)5(9)10/h1H,2H2,(H,9,10). The van der Waals surface area contributed by atoms with Crippen LogP contribution in [0.5, 0.6) is 0 Å². The minimum absolute atomic E-state index is 0.133. The zero-order chi connectivity index (χ0) is 7.72. The molecule has 0 aliphatic carbocycles. The Morgan fingerprint density at radius 1 is 1.80 bits per heavy atom. The summed E-state index contributed by atoms with van der Waals surface area (Å²) in [4.78, 5) is 21.6. The highest BCUT2D eigenvalue weighted by Crippen LogP contribution is 2.15. The molecule has 0 unspecified atom stereocenters. The quantitative estimate of drug-likeness (QED) is 0.637. The van der Waals surface area contributed by atoms with Crippen molar-refractivity contribution in [1.82, 2.24) is 4.90 Å². The number of hydrogen-bond acceptors (Lipinski definition) is 2. The number of carbonyl (C=O) groups is 2. The van der Waals surface area contributed by atoms with Gasteiger partial charge >= 0.3 is 6.09 Å². The molecule has 0 fully saturated rings. The molecule has 1 rings (SSSR count). The fourth-order valence-electron chi connectivity index (χ4n) is 0.648. The van der Waals surface area contributed by atoms with E-state index in [0.717, 1.165) is 4.90 Å². The minimum Gasteiger partial charge on any atom is -0.465 e. The number of rotatable bonds is 0. The second kappa shape index (κ2) is 2.42. The van der Waals surface area contributed by atoms with E-state index in [2.05, 4.69) is 15.9 Å². The van der Waals surface area contributed by atoms with Gasteiger partial charge in [0, 0.05) is 10.6 Å². The Hall–Kier alpha value is -0.840. The number of amides is 2. The van der Waals surface area contributed by atoms with Crippen molar-refractivity contribution in [3.05, 3.63) is 10.6 Å². The molecule has 54 valence electrons. The molecule has 0 saturated carbocycles. The van der Waals surface area contributed by atoms with Gasteiger partial charge in [0.1, 0.15) is 0 Å². The van der Waals surface area contributed by atoms with E-state index in [1.807, 2.05) is 0 Å². The summed E-state index contributed by atoms with van der Waals surface area (Å²) in [6.45, 7) is 0.133. The Bertz CT molecular complexity index is 223. The second-order valence-electron chi connectivity index (χ2n) is 1.80. The summed E-state index contributed by atoms with van der Waals surface area (Å²) in [6, 6.07) is 0. The normalized spacial score (nSPS) is 17.5. The third-order valence-corrected chi connectivity index (χ3v) is 1.57. The van der Waals surface area contributed by atoms with Crippen molar-refractivity contribution in [1.29, 1.82) is 0 Å². The van der Waals surface area contributed by atoms with Gasteiger partial charge in [0.25, 0.3) is 5.91 Å². The topological polar surface area (TPSA) is 57.6 Å². The van der Waals surface area contributed by atoms with Gasteiger partial charge in [0.05, 0.1) is 6.54 Å². The molecule has 0 aromatic carbocycles. The molecule has 0 saturated heterocycles. The summed E-state index contributed by atoms with van der Waals surface area (Å²) in [5.74, 6) is -0.487. The Morgan fingerprint density at radius 3 is 2.60 bits per heavy atom. The number of imide groups is 1. The maximum atomic E-state index is 10.7. The molecule has 4 nitrogen and oxygen atoms in total. The van der Waals surface area contributed by atoms with Gasteiger partial charge in [-0.25, -0.2) is 9.69 Å². The Morgan fingerprint density at radius 2 is 2.40 bits per heavy atom. The predicted molar refractivity (Wildman–Crippen MR) is 36.7 cm³/mol. The molecule has 0 radical (unpaired) electrons. The Labute approximate surface area is 65.2 Å². The van der Waals surface area contributed by atoms with Crippen molar-refractivity contribution >= 4 is 27.9 Å². The highest BCUT2D eigenvalue weighted by Gasteiger charge is 2.25. The first-order valence-corrected chi connectivity index (χ1v) is 3.31. The van der Waals surface area contributed by atoms with Crippen molar-refractivity contribution in [2.75, 3.05) is 6.54 Å². The van der Waals surface area contributed by atoms with E-state index in [0.29, 0.717) is 4.48 Å². The van der Waals surface area contributed by atoms with Gasteiger partial charge in [-0.1, -0.05) is 15.9 Å². The lowest BCUT2D eigenvalue weighted by atomic mass is 10.6. The molecule has 5 heteroatoms. The van der Waals surface area contributed by atoms with Crippen LogP contribution in [0.15, 0.2) is 10.6 Å². The van der Waals surface area contributed by atoms with Gasteiger partial charge in [-0.15, -0.1) is 0 Å². The van der Waals surface area contributed by atoms with Crippen LogP contribution >= 0.6 is 15.9 Å². The summed E-state index contributed by atoms with van der Waals surface area (Å²) in [7, 11) is 0. The number of nitrogens with zero attached hydrogens (tertiary/aromatic N) is 1. The Balaban J connectivity index is 2.73. The van der Waals surface area contributed by atoms with Crippen LogP contribution in [0.1, 0.15) is 0 Å². The predicted octanol–water partition coefficient (Wildman–Crippen LogP) is 0.785. The van der Waals surface area contributed by atoms with Crippen LogP contribution in [-0.2, 0) is 4.79 Å². The van der Waals surface area contributed by atoms with Crippen molar-refractivity contribution in [3.63, 3.8) is 0 Å². The first-order chi connectivity index (χ1) is 4.61. The van der Waals surface area contributed by atoms with E-state index in [1.54, 1.807) is 0 Å². The second-order valence-corrected chi connectivity index (χ2v) is 2.82. The van der Waals surface area contributed by atoms with Crippen LogP contribution in [0.4, 0.5) is 4.79 Å².